The Morgan fingerprint density at radius 3 is 2.85 bits per heavy atom. The minimum absolute atomic E-state index is 0.198. The summed E-state index contributed by atoms with van der Waals surface area (Å²) in [5.41, 5.74) is 3.22. The molecule has 0 radical (unpaired) electrons. The normalized spacial score (nSPS) is 18.0. The fraction of sp³-hybridized carbons (Fsp3) is 0.333. The number of rotatable bonds is 3. The van der Waals surface area contributed by atoms with Crippen molar-refractivity contribution in [1.29, 1.82) is 0 Å². The van der Waals surface area contributed by atoms with E-state index in [1.165, 1.54) is 0 Å². The first-order chi connectivity index (χ1) is 12.5. The first kappa shape index (κ1) is 17.2. The van der Waals surface area contributed by atoms with Gasteiger partial charge >= 0.3 is 5.16 Å². The van der Waals surface area contributed by atoms with Crippen molar-refractivity contribution in [3.8, 4) is 5.75 Å². The number of aryl methyl sites for hydroxylation is 1. The first-order valence-electron chi connectivity index (χ1n) is 8.27. The Morgan fingerprint density at radius 1 is 1.31 bits per heavy atom. The zero-order valence-corrected chi connectivity index (χ0v) is 15.1. The Balaban J connectivity index is 1.75. The number of nitrogens with zero attached hydrogens (tertiary/aromatic N) is 2. The highest BCUT2D eigenvalue weighted by molar-refractivity contribution is 7.91. The van der Waals surface area contributed by atoms with E-state index in [2.05, 4.69) is 15.0 Å². The Bertz CT molecular complexity index is 953. The molecule has 2 heterocycles. The van der Waals surface area contributed by atoms with Gasteiger partial charge in [-0.1, -0.05) is 0 Å². The molecule has 3 aromatic rings. The van der Waals surface area contributed by atoms with Crippen LogP contribution in [0.5, 0.6) is 5.75 Å². The molecule has 8 heteroatoms. The van der Waals surface area contributed by atoms with Gasteiger partial charge in [0, 0.05) is 47.1 Å². The van der Waals surface area contributed by atoms with Gasteiger partial charge in [0.25, 0.3) is 0 Å². The van der Waals surface area contributed by atoms with Crippen molar-refractivity contribution in [2.45, 2.75) is 36.6 Å². The van der Waals surface area contributed by atoms with Crippen LogP contribution < -0.4 is 4.74 Å². The summed E-state index contributed by atoms with van der Waals surface area (Å²) in [4.78, 5) is 11.6. The molecule has 2 aromatic heterocycles. The average molecular weight is 377 g/mol. The summed E-state index contributed by atoms with van der Waals surface area (Å²) in [7, 11) is 1.62. The lowest BCUT2D eigenvalue weighted by atomic mass is 9.93. The van der Waals surface area contributed by atoms with E-state index < -0.39 is 22.8 Å². The molecule has 0 amide bonds. The number of fused-ring (bicyclic) bond motifs is 2. The minimum Gasteiger partial charge on any atom is -0.608 e. The molecule has 5 nitrogen and oxygen atoms in total. The van der Waals surface area contributed by atoms with E-state index in [-0.39, 0.29) is 15.9 Å². The van der Waals surface area contributed by atoms with Crippen molar-refractivity contribution >= 4 is 22.2 Å². The van der Waals surface area contributed by atoms with Gasteiger partial charge in [0.05, 0.1) is 23.8 Å². The molecule has 0 bridgehead atoms. The number of aromatic amines is 1. The maximum atomic E-state index is 13.4. The van der Waals surface area contributed by atoms with Crippen LogP contribution >= 0.6 is 0 Å². The van der Waals surface area contributed by atoms with Gasteiger partial charge < -0.3 is 9.29 Å². The molecule has 0 saturated heterocycles. The molecule has 1 aromatic carbocycles. The second kappa shape index (κ2) is 6.51. The van der Waals surface area contributed by atoms with Crippen LogP contribution in [-0.4, -0.2) is 26.6 Å². The molecule has 1 aliphatic carbocycles. The lowest BCUT2D eigenvalue weighted by Gasteiger charge is -2.26. The second-order valence-electron chi connectivity index (χ2n) is 6.34. The number of benzene rings is 1. The summed E-state index contributed by atoms with van der Waals surface area (Å²) in [5, 5.41) is -0.146. The van der Waals surface area contributed by atoms with Crippen LogP contribution in [0.15, 0.2) is 23.5 Å². The highest BCUT2D eigenvalue weighted by atomic mass is 32.2. The smallest absolute Gasteiger partial charge is 0.322 e. The maximum absolute atomic E-state index is 13.4. The summed E-state index contributed by atoms with van der Waals surface area (Å²) in [5.74, 6) is -1.17. The number of aromatic nitrogens is 3. The molecule has 136 valence electrons. The quantitative estimate of drug-likeness (QED) is 0.706. The topological polar surface area (TPSA) is 73.9 Å². The fourth-order valence-electron chi connectivity index (χ4n) is 3.48. The van der Waals surface area contributed by atoms with Crippen LogP contribution in [0.3, 0.4) is 0 Å². The largest absolute Gasteiger partial charge is 0.608 e. The van der Waals surface area contributed by atoms with Crippen molar-refractivity contribution in [3.63, 3.8) is 0 Å². The number of imidazole rings is 1. The predicted octanol–water partition coefficient (Wildman–Crippen LogP) is 3.74. The average Bonchev–Trinajstić information content (AvgIpc) is 3.03. The summed E-state index contributed by atoms with van der Waals surface area (Å²) < 4.78 is 45.5. The lowest BCUT2D eigenvalue weighted by Crippen LogP contribution is -2.22. The highest BCUT2D eigenvalue weighted by Gasteiger charge is 2.36. The molecule has 4 rings (SSSR count). The first-order valence-corrected chi connectivity index (χ1v) is 9.48. The van der Waals surface area contributed by atoms with Crippen LogP contribution in [0.4, 0.5) is 8.78 Å². The number of hydrogen-bond donors (Lipinski definition) is 1. The Kier molecular flexibility index (Phi) is 4.32. The minimum atomic E-state index is -1.52. The SMILES string of the molecule is COc1c(C)cnc2c1CCCC2[S+]([O-])c1nc2cc(F)c(F)cc2[nH]1. The molecule has 0 fully saturated rings. The number of pyridine rings is 1. The number of halogens is 2. The molecular weight excluding hydrogens is 360 g/mol. The molecule has 2 unspecified atom stereocenters. The number of hydrogen-bond acceptors (Lipinski definition) is 4. The van der Waals surface area contributed by atoms with Gasteiger partial charge in [0.15, 0.2) is 16.9 Å². The molecule has 2 atom stereocenters. The third kappa shape index (κ3) is 2.73. The third-order valence-electron chi connectivity index (χ3n) is 4.69. The summed E-state index contributed by atoms with van der Waals surface area (Å²) >= 11 is -1.52. The number of ether oxygens (including phenoxy) is 1. The summed E-state index contributed by atoms with van der Waals surface area (Å²) in [6, 6.07) is 2.03. The van der Waals surface area contributed by atoms with Gasteiger partial charge in [0.2, 0.25) is 0 Å². The van der Waals surface area contributed by atoms with E-state index in [0.29, 0.717) is 11.9 Å². The van der Waals surface area contributed by atoms with Crippen molar-refractivity contribution in [2.75, 3.05) is 7.11 Å². The molecule has 26 heavy (non-hydrogen) atoms. The Hall–Kier alpha value is -2.19. The fourth-order valence-corrected chi connectivity index (χ4v) is 4.94. The van der Waals surface area contributed by atoms with Crippen LogP contribution in [0.2, 0.25) is 0 Å². The van der Waals surface area contributed by atoms with E-state index in [0.717, 1.165) is 47.5 Å². The van der Waals surface area contributed by atoms with E-state index >= 15 is 0 Å². The molecule has 0 saturated carbocycles. The van der Waals surface area contributed by atoms with Crippen LogP contribution in [-0.2, 0) is 17.6 Å². The van der Waals surface area contributed by atoms with E-state index in [4.69, 9.17) is 4.74 Å². The van der Waals surface area contributed by atoms with Crippen LogP contribution in [0.25, 0.3) is 11.0 Å². The van der Waals surface area contributed by atoms with Crippen LogP contribution in [0, 0.1) is 18.6 Å². The van der Waals surface area contributed by atoms with Gasteiger partial charge in [-0.25, -0.2) is 8.78 Å². The lowest BCUT2D eigenvalue weighted by molar-refractivity contribution is 0.400. The van der Waals surface area contributed by atoms with Gasteiger partial charge in [-0.2, -0.15) is 4.98 Å². The molecule has 0 spiro atoms. The number of methoxy groups -OCH3 is 1. The van der Waals surface area contributed by atoms with Gasteiger partial charge in [0.1, 0.15) is 5.75 Å². The Labute approximate surface area is 152 Å². The number of nitrogens with one attached hydrogen (secondary N) is 1. The van der Waals surface area contributed by atoms with Crippen molar-refractivity contribution < 1.29 is 18.1 Å². The van der Waals surface area contributed by atoms with E-state index in [1.54, 1.807) is 13.3 Å². The monoisotopic (exact) mass is 377 g/mol. The third-order valence-corrected chi connectivity index (χ3v) is 6.24. The molecule has 1 N–H and O–H groups in total. The summed E-state index contributed by atoms with van der Waals surface area (Å²) in [6.45, 7) is 1.93. The predicted molar refractivity (Wildman–Crippen MR) is 93.6 cm³/mol. The molecule has 1 aliphatic rings. The van der Waals surface area contributed by atoms with Crippen molar-refractivity contribution in [1.82, 2.24) is 15.0 Å². The van der Waals surface area contributed by atoms with Crippen molar-refractivity contribution in [3.05, 3.63) is 46.8 Å². The molecular formula is C18H17F2N3O2S. The van der Waals surface area contributed by atoms with Gasteiger partial charge in [-0.05, 0) is 19.8 Å². The number of H-pyrrole nitrogens is 1. The Morgan fingerprint density at radius 2 is 2.08 bits per heavy atom. The zero-order valence-electron chi connectivity index (χ0n) is 14.3. The second-order valence-corrected chi connectivity index (χ2v) is 7.89. The van der Waals surface area contributed by atoms with Crippen molar-refractivity contribution in [2.24, 2.45) is 0 Å². The highest BCUT2D eigenvalue weighted by Crippen LogP contribution is 2.41. The van der Waals surface area contributed by atoms with Gasteiger partial charge in [-0.3, -0.25) is 9.97 Å². The summed E-state index contributed by atoms with van der Waals surface area (Å²) in [6.07, 6.45) is 4.08. The van der Waals surface area contributed by atoms with Crippen LogP contribution in [0.1, 0.15) is 34.9 Å². The van der Waals surface area contributed by atoms with Gasteiger partial charge in [-0.15, -0.1) is 0 Å². The molecule has 0 aliphatic heterocycles. The standard InChI is InChI=1S/C18H17F2N3O2S/c1-9-8-21-16-10(17(9)25-2)4-3-5-15(16)26(24)18-22-13-6-11(19)12(20)7-14(13)23-18/h6-8,15H,3-5H2,1-2H3,(H,22,23). The van der Waals surface area contributed by atoms with E-state index in [9.17, 15) is 13.3 Å². The zero-order chi connectivity index (χ0) is 18.4. The maximum Gasteiger partial charge on any atom is 0.322 e. The van der Waals surface area contributed by atoms with E-state index in [1.807, 2.05) is 6.92 Å².